The van der Waals surface area contributed by atoms with Gasteiger partial charge in [-0.1, -0.05) is 45.3 Å². The van der Waals surface area contributed by atoms with Crippen molar-refractivity contribution in [3.05, 3.63) is 0 Å². The first kappa shape index (κ1) is 8.16. The van der Waals surface area contributed by atoms with Crippen LogP contribution in [0.5, 0.6) is 0 Å². The molecule has 2 radical (unpaired) electrons. The topological polar surface area (TPSA) is 0 Å². The Kier molecular flexibility index (Phi) is 2.82. The summed E-state index contributed by atoms with van der Waals surface area (Å²) in [6.45, 7) is 4.64. The maximum Gasteiger partial charge on any atom is 0.0699 e. The lowest BCUT2D eigenvalue weighted by atomic mass is 9.69. The van der Waals surface area contributed by atoms with Crippen LogP contribution in [0, 0.1) is 11.8 Å². The van der Waals surface area contributed by atoms with E-state index < -0.39 is 0 Å². The smallest absolute Gasteiger partial charge is 0.0699 e. The monoisotopic (exact) mass is 136 g/mol. The van der Waals surface area contributed by atoms with E-state index in [1.165, 1.54) is 25.7 Å². The Labute approximate surface area is 65.8 Å². The molecule has 0 aromatic carbocycles. The summed E-state index contributed by atoms with van der Waals surface area (Å²) in [5, 5.41) is 0. The van der Waals surface area contributed by atoms with Crippen LogP contribution in [0.3, 0.4) is 0 Å². The van der Waals surface area contributed by atoms with Crippen LogP contribution in [-0.4, -0.2) is 7.85 Å². The largest absolute Gasteiger partial charge is 0.0774 e. The standard InChI is InChI=1S/C9H17B/c1-7(2)8-3-5-9(10)6-4-8/h7-9H,3-6H2,1-2H3. The van der Waals surface area contributed by atoms with Crippen molar-refractivity contribution in [2.24, 2.45) is 11.8 Å². The van der Waals surface area contributed by atoms with E-state index in [4.69, 9.17) is 7.85 Å². The fourth-order valence-electron chi connectivity index (χ4n) is 1.81. The Morgan fingerprint density at radius 3 is 2.00 bits per heavy atom. The molecule has 0 aromatic heterocycles. The third kappa shape index (κ3) is 2.03. The summed E-state index contributed by atoms with van der Waals surface area (Å²) in [6, 6.07) is 0. The van der Waals surface area contributed by atoms with Crippen LogP contribution in [0.2, 0.25) is 5.82 Å². The minimum absolute atomic E-state index is 0.509. The van der Waals surface area contributed by atoms with Gasteiger partial charge in [0, 0.05) is 0 Å². The summed E-state index contributed by atoms with van der Waals surface area (Å²) in [5.41, 5.74) is 0. The van der Waals surface area contributed by atoms with Gasteiger partial charge in [-0.2, -0.15) is 0 Å². The van der Waals surface area contributed by atoms with Crippen LogP contribution >= 0.6 is 0 Å². The van der Waals surface area contributed by atoms with Crippen LogP contribution < -0.4 is 0 Å². The van der Waals surface area contributed by atoms with Crippen molar-refractivity contribution in [3.63, 3.8) is 0 Å². The van der Waals surface area contributed by atoms with Crippen LogP contribution in [0.15, 0.2) is 0 Å². The van der Waals surface area contributed by atoms with E-state index in [2.05, 4.69) is 13.8 Å². The van der Waals surface area contributed by atoms with Gasteiger partial charge < -0.3 is 0 Å². The second-order valence-electron chi connectivity index (χ2n) is 3.92. The highest BCUT2D eigenvalue weighted by Crippen LogP contribution is 2.34. The molecule has 0 nitrogen and oxygen atoms in total. The molecule has 1 aliphatic rings. The van der Waals surface area contributed by atoms with Gasteiger partial charge in [-0.05, 0) is 11.8 Å². The molecule has 1 saturated carbocycles. The molecule has 1 aliphatic carbocycles. The maximum atomic E-state index is 5.80. The third-order valence-corrected chi connectivity index (χ3v) is 2.76. The number of rotatable bonds is 1. The lowest BCUT2D eigenvalue weighted by Crippen LogP contribution is -2.15. The average Bonchev–Trinajstić information content (AvgIpc) is 1.88. The zero-order chi connectivity index (χ0) is 7.56. The van der Waals surface area contributed by atoms with Crippen molar-refractivity contribution >= 4 is 7.85 Å². The first-order valence-electron chi connectivity index (χ1n) is 4.45. The number of hydrogen-bond donors (Lipinski definition) is 0. The van der Waals surface area contributed by atoms with Gasteiger partial charge in [-0.25, -0.2) is 0 Å². The molecule has 56 valence electrons. The van der Waals surface area contributed by atoms with Crippen molar-refractivity contribution in [1.29, 1.82) is 0 Å². The highest BCUT2D eigenvalue weighted by Gasteiger charge is 2.19. The van der Waals surface area contributed by atoms with E-state index in [-0.39, 0.29) is 0 Å². The van der Waals surface area contributed by atoms with Crippen molar-refractivity contribution in [2.75, 3.05) is 0 Å². The Bertz CT molecular complexity index is 90.9. The van der Waals surface area contributed by atoms with Gasteiger partial charge in [0.2, 0.25) is 0 Å². The molecular formula is C9H17B. The molecule has 0 amide bonds. The van der Waals surface area contributed by atoms with Gasteiger partial charge >= 0.3 is 0 Å². The zero-order valence-corrected chi connectivity index (χ0v) is 7.14. The van der Waals surface area contributed by atoms with Crippen molar-refractivity contribution in [3.8, 4) is 0 Å². The molecule has 0 heterocycles. The highest BCUT2D eigenvalue weighted by atomic mass is 14.2. The second kappa shape index (κ2) is 3.45. The Morgan fingerprint density at radius 1 is 1.10 bits per heavy atom. The van der Waals surface area contributed by atoms with Gasteiger partial charge in [0.1, 0.15) is 0 Å². The Hall–Kier alpha value is 0.0649. The Morgan fingerprint density at radius 2 is 1.60 bits per heavy atom. The summed E-state index contributed by atoms with van der Waals surface area (Å²) < 4.78 is 0. The minimum Gasteiger partial charge on any atom is -0.0774 e. The van der Waals surface area contributed by atoms with Crippen molar-refractivity contribution in [2.45, 2.75) is 45.3 Å². The third-order valence-electron chi connectivity index (χ3n) is 2.76. The predicted octanol–water partition coefficient (Wildman–Crippen LogP) is 2.79. The van der Waals surface area contributed by atoms with Gasteiger partial charge in [-0.3, -0.25) is 0 Å². The average molecular weight is 136 g/mol. The van der Waals surface area contributed by atoms with E-state index in [1.54, 1.807) is 0 Å². The van der Waals surface area contributed by atoms with Gasteiger partial charge in [0.15, 0.2) is 0 Å². The van der Waals surface area contributed by atoms with E-state index in [0.717, 1.165) is 11.8 Å². The van der Waals surface area contributed by atoms with E-state index in [0.29, 0.717) is 5.82 Å². The van der Waals surface area contributed by atoms with Crippen LogP contribution in [-0.2, 0) is 0 Å². The summed E-state index contributed by atoms with van der Waals surface area (Å²) in [7, 11) is 5.80. The molecule has 10 heavy (non-hydrogen) atoms. The fourth-order valence-corrected chi connectivity index (χ4v) is 1.81. The Balaban J connectivity index is 2.26. The molecule has 0 bridgehead atoms. The van der Waals surface area contributed by atoms with Crippen molar-refractivity contribution in [1.82, 2.24) is 0 Å². The van der Waals surface area contributed by atoms with E-state index in [1.807, 2.05) is 0 Å². The molecule has 0 N–H and O–H groups in total. The lowest BCUT2D eigenvalue weighted by Gasteiger charge is -2.28. The molecule has 1 rings (SSSR count). The molecule has 0 aromatic rings. The van der Waals surface area contributed by atoms with E-state index >= 15 is 0 Å². The first-order valence-corrected chi connectivity index (χ1v) is 4.45. The fraction of sp³-hybridized carbons (Fsp3) is 1.00. The van der Waals surface area contributed by atoms with E-state index in [9.17, 15) is 0 Å². The summed E-state index contributed by atoms with van der Waals surface area (Å²) in [5.74, 6) is 2.34. The summed E-state index contributed by atoms with van der Waals surface area (Å²) >= 11 is 0. The molecule has 0 spiro atoms. The molecule has 0 aliphatic heterocycles. The second-order valence-corrected chi connectivity index (χ2v) is 3.92. The van der Waals surface area contributed by atoms with Crippen LogP contribution in [0.25, 0.3) is 0 Å². The SMILES string of the molecule is [B]C1CCC(C(C)C)CC1. The van der Waals surface area contributed by atoms with Gasteiger partial charge in [-0.15, -0.1) is 0 Å². The van der Waals surface area contributed by atoms with Gasteiger partial charge in [0.25, 0.3) is 0 Å². The van der Waals surface area contributed by atoms with Crippen molar-refractivity contribution < 1.29 is 0 Å². The first-order chi connectivity index (χ1) is 4.70. The molecule has 1 heteroatoms. The summed E-state index contributed by atoms with van der Waals surface area (Å²) in [4.78, 5) is 0. The highest BCUT2D eigenvalue weighted by molar-refractivity contribution is 6.11. The normalized spacial score (nSPS) is 34.7. The molecule has 0 unspecified atom stereocenters. The molecular weight excluding hydrogens is 119 g/mol. The van der Waals surface area contributed by atoms with Gasteiger partial charge in [0.05, 0.1) is 7.85 Å². The zero-order valence-electron chi connectivity index (χ0n) is 7.14. The molecule has 0 saturated heterocycles. The minimum atomic E-state index is 0.509. The van der Waals surface area contributed by atoms with Crippen LogP contribution in [0.1, 0.15) is 39.5 Å². The maximum absolute atomic E-state index is 5.80. The van der Waals surface area contributed by atoms with Crippen LogP contribution in [0.4, 0.5) is 0 Å². The summed E-state index contributed by atoms with van der Waals surface area (Å²) in [6.07, 6.45) is 5.23. The number of hydrogen-bond acceptors (Lipinski definition) is 0. The molecule has 0 atom stereocenters. The quantitative estimate of drug-likeness (QED) is 0.486. The lowest BCUT2D eigenvalue weighted by molar-refractivity contribution is 0.279. The predicted molar refractivity (Wildman–Crippen MR) is 46.3 cm³/mol. The molecule has 1 fully saturated rings.